The predicted octanol–water partition coefficient (Wildman–Crippen LogP) is 5.33. The third-order valence-electron chi connectivity index (χ3n) is 6.09. The van der Waals surface area contributed by atoms with Crippen molar-refractivity contribution in [3.05, 3.63) is 71.4 Å². The van der Waals surface area contributed by atoms with Crippen LogP contribution < -0.4 is 16.0 Å². The molecule has 1 fully saturated rings. The van der Waals surface area contributed by atoms with E-state index in [1.54, 1.807) is 17.7 Å². The summed E-state index contributed by atoms with van der Waals surface area (Å²) in [5.41, 5.74) is 12.0. The monoisotopic (exact) mass is 456 g/mol. The average Bonchev–Trinajstić information content (AvgIpc) is 3.28. The number of hydrogen-bond donors (Lipinski definition) is 2. The van der Waals surface area contributed by atoms with E-state index in [0.717, 1.165) is 71.3 Å². The van der Waals surface area contributed by atoms with Gasteiger partial charge in [-0.3, -0.25) is 0 Å². The fourth-order valence-electron chi connectivity index (χ4n) is 4.08. The third-order valence-corrected chi connectivity index (χ3v) is 7.08. The molecule has 1 aliphatic heterocycles. The molecule has 2 aromatic carbocycles. The number of anilines is 4. The van der Waals surface area contributed by atoms with Gasteiger partial charge in [0.25, 0.3) is 0 Å². The van der Waals surface area contributed by atoms with Gasteiger partial charge in [-0.25, -0.2) is 9.97 Å². The number of aromatic nitrogens is 2. The van der Waals surface area contributed by atoms with Crippen molar-refractivity contribution >= 4 is 56.6 Å². The molecule has 3 N–H and O–H groups in total. The summed E-state index contributed by atoms with van der Waals surface area (Å²) in [5, 5.41) is 5.60. The Morgan fingerprint density at radius 2 is 1.73 bits per heavy atom. The van der Waals surface area contributed by atoms with E-state index in [-0.39, 0.29) is 0 Å². The SMILES string of the molecule is CCN1CCN(c2ccc(Nc3ncnc4c(C=Cc5ccc(N)cc5)csc34)cc2)CC1. The molecular formula is C26H28N6S. The number of likely N-dealkylation sites (N-methyl/N-ethyl adjacent to an activating group) is 1. The van der Waals surface area contributed by atoms with E-state index >= 15 is 0 Å². The molecule has 33 heavy (non-hydrogen) atoms. The quantitative estimate of drug-likeness (QED) is 0.382. The zero-order valence-electron chi connectivity index (χ0n) is 18.7. The maximum absolute atomic E-state index is 5.78. The van der Waals surface area contributed by atoms with Crippen molar-refractivity contribution < 1.29 is 0 Å². The molecule has 4 aromatic rings. The molecule has 0 atom stereocenters. The number of nitrogen functional groups attached to an aromatic ring is 1. The van der Waals surface area contributed by atoms with Crippen LogP contribution in [0.1, 0.15) is 18.1 Å². The summed E-state index contributed by atoms with van der Waals surface area (Å²) in [4.78, 5) is 14.0. The van der Waals surface area contributed by atoms with E-state index in [0.29, 0.717) is 0 Å². The minimum absolute atomic E-state index is 0.767. The summed E-state index contributed by atoms with van der Waals surface area (Å²) in [6, 6.07) is 16.5. The average molecular weight is 457 g/mol. The number of benzene rings is 2. The number of nitrogens with two attached hydrogens (primary N) is 1. The highest BCUT2D eigenvalue weighted by Gasteiger charge is 2.16. The largest absolute Gasteiger partial charge is 0.399 e. The first-order chi connectivity index (χ1) is 16.2. The van der Waals surface area contributed by atoms with Crippen LogP contribution in [0.5, 0.6) is 0 Å². The van der Waals surface area contributed by atoms with E-state index in [1.807, 2.05) is 24.3 Å². The van der Waals surface area contributed by atoms with Crippen LogP contribution in [0.15, 0.2) is 60.2 Å². The maximum Gasteiger partial charge on any atom is 0.151 e. The van der Waals surface area contributed by atoms with Gasteiger partial charge in [0.15, 0.2) is 5.82 Å². The zero-order valence-corrected chi connectivity index (χ0v) is 19.6. The summed E-state index contributed by atoms with van der Waals surface area (Å²) >= 11 is 1.65. The van der Waals surface area contributed by atoms with Crippen molar-refractivity contribution in [1.82, 2.24) is 14.9 Å². The normalized spacial score (nSPS) is 14.9. The number of piperazine rings is 1. The van der Waals surface area contributed by atoms with Crippen LogP contribution in [0.25, 0.3) is 22.4 Å². The minimum Gasteiger partial charge on any atom is -0.399 e. The number of nitrogens with one attached hydrogen (secondary N) is 1. The molecule has 0 bridgehead atoms. The van der Waals surface area contributed by atoms with Gasteiger partial charge >= 0.3 is 0 Å². The highest BCUT2D eigenvalue weighted by molar-refractivity contribution is 7.18. The lowest BCUT2D eigenvalue weighted by Crippen LogP contribution is -2.46. The molecule has 3 heterocycles. The van der Waals surface area contributed by atoms with Gasteiger partial charge in [-0.15, -0.1) is 11.3 Å². The lowest BCUT2D eigenvalue weighted by Gasteiger charge is -2.35. The van der Waals surface area contributed by atoms with E-state index in [2.05, 4.69) is 73.8 Å². The van der Waals surface area contributed by atoms with Crippen molar-refractivity contribution in [2.75, 3.05) is 48.7 Å². The first kappa shape index (κ1) is 21.4. The van der Waals surface area contributed by atoms with Crippen LogP contribution in [0.4, 0.5) is 22.9 Å². The smallest absolute Gasteiger partial charge is 0.151 e. The summed E-state index contributed by atoms with van der Waals surface area (Å²) in [6.45, 7) is 7.77. The number of thiophene rings is 1. The molecule has 2 aromatic heterocycles. The second-order valence-electron chi connectivity index (χ2n) is 8.18. The molecule has 0 radical (unpaired) electrons. The van der Waals surface area contributed by atoms with Crippen LogP contribution >= 0.6 is 11.3 Å². The molecule has 0 unspecified atom stereocenters. The molecule has 0 amide bonds. The molecule has 168 valence electrons. The Bertz CT molecular complexity index is 1240. The number of hydrogen-bond acceptors (Lipinski definition) is 7. The van der Waals surface area contributed by atoms with Gasteiger partial charge in [0.05, 0.1) is 10.2 Å². The molecule has 0 spiro atoms. The second kappa shape index (κ2) is 9.60. The fraction of sp³-hybridized carbons (Fsp3) is 0.231. The predicted molar refractivity (Wildman–Crippen MR) is 141 cm³/mol. The van der Waals surface area contributed by atoms with E-state index in [9.17, 15) is 0 Å². The molecule has 7 heteroatoms. The molecule has 5 rings (SSSR count). The molecule has 0 aliphatic carbocycles. The summed E-state index contributed by atoms with van der Waals surface area (Å²) in [7, 11) is 0. The van der Waals surface area contributed by atoms with Crippen molar-refractivity contribution in [2.45, 2.75) is 6.92 Å². The first-order valence-electron chi connectivity index (χ1n) is 11.3. The minimum atomic E-state index is 0.767. The van der Waals surface area contributed by atoms with Crippen LogP contribution in [0.3, 0.4) is 0 Å². The van der Waals surface area contributed by atoms with E-state index in [1.165, 1.54) is 5.69 Å². The lowest BCUT2D eigenvalue weighted by molar-refractivity contribution is 0.271. The number of nitrogens with zero attached hydrogens (tertiary/aromatic N) is 4. The topological polar surface area (TPSA) is 70.3 Å². The van der Waals surface area contributed by atoms with Crippen LogP contribution in [-0.2, 0) is 0 Å². The molecule has 6 nitrogen and oxygen atoms in total. The Morgan fingerprint density at radius 3 is 2.45 bits per heavy atom. The molecule has 0 saturated carbocycles. The summed E-state index contributed by atoms with van der Waals surface area (Å²) < 4.78 is 1.05. The lowest BCUT2D eigenvalue weighted by atomic mass is 10.1. The van der Waals surface area contributed by atoms with Crippen LogP contribution in [-0.4, -0.2) is 47.6 Å². The van der Waals surface area contributed by atoms with Gasteiger partial charge in [-0.05, 0) is 48.5 Å². The Morgan fingerprint density at radius 1 is 0.970 bits per heavy atom. The Hall–Kier alpha value is -3.42. The van der Waals surface area contributed by atoms with Gasteiger partial charge in [0, 0.05) is 54.2 Å². The van der Waals surface area contributed by atoms with Gasteiger partial charge in [-0.2, -0.15) is 0 Å². The Balaban J connectivity index is 1.31. The van der Waals surface area contributed by atoms with Crippen molar-refractivity contribution in [2.24, 2.45) is 0 Å². The second-order valence-corrected chi connectivity index (χ2v) is 9.06. The highest BCUT2D eigenvalue weighted by atomic mass is 32.1. The van der Waals surface area contributed by atoms with Gasteiger partial charge < -0.3 is 20.9 Å². The maximum atomic E-state index is 5.78. The zero-order chi connectivity index (χ0) is 22.6. The summed E-state index contributed by atoms with van der Waals surface area (Å²) in [5.74, 6) is 0.835. The van der Waals surface area contributed by atoms with E-state index in [4.69, 9.17) is 5.73 Å². The number of rotatable bonds is 6. The van der Waals surface area contributed by atoms with Crippen molar-refractivity contribution in [1.29, 1.82) is 0 Å². The first-order valence-corrected chi connectivity index (χ1v) is 12.2. The Kier molecular flexibility index (Phi) is 6.24. The molecular weight excluding hydrogens is 428 g/mol. The number of fused-ring (bicyclic) bond motifs is 1. The van der Waals surface area contributed by atoms with Crippen molar-refractivity contribution in [3.8, 4) is 0 Å². The summed E-state index contributed by atoms with van der Waals surface area (Å²) in [6.07, 6.45) is 5.79. The fourth-order valence-corrected chi connectivity index (χ4v) is 5.02. The van der Waals surface area contributed by atoms with Crippen LogP contribution in [0, 0.1) is 0 Å². The van der Waals surface area contributed by atoms with Crippen LogP contribution in [0.2, 0.25) is 0 Å². The van der Waals surface area contributed by atoms with Gasteiger partial charge in [0.1, 0.15) is 6.33 Å². The standard InChI is InChI=1S/C26H28N6S/c1-2-31-13-15-32(16-14-31)23-11-9-22(10-12-23)30-26-25-24(28-18-29-26)20(17-33-25)6-3-19-4-7-21(27)8-5-19/h3-12,17-18H,2,13-16,27H2,1H3,(H,28,29,30). The van der Waals surface area contributed by atoms with Gasteiger partial charge in [-0.1, -0.05) is 31.2 Å². The molecule has 1 aliphatic rings. The molecule has 1 saturated heterocycles. The highest BCUT2D eigenvalue weighted by Crippen LogP contribution is 2.32. The Labute approximate surface area is 198 Å². The van der Waals surface area contributed by atoms with E-state index < -0.39 is 0 Å². The third kappa shape index (κ3) is 4.84. The van der Waals surface area contributed by atoms with Crippen molar-refractivity contribution in [3.63, 3.8) is 0 Å². The van der Waals surface area contributed by atoms with Gasteiger partial charge in [0.2, 0.25) is 0 Å².